The summed E-state index contributed by atoms with van der Waals surface area (Å²) in [5.41, 5.74) is 2.40. The fraction of sp³-hybridized carbons (Fsp3) is 0.355. The molecule has 0 heterocycles. The van der Waals surface area contributed by atoms with Crippen molar-refractivity contribution in [2.45, 2.75) is 52.2 Å². The number of aryl methyl sites for hydroxylation is 1. The highest BCUT2D eigenvalue weighted by atomic mass is 32.2. The summed E-state index contributed by atoms with van der Waals surface area (Å²) in [6.07, 6.45) is 1.31. The summed E-state index contributed by atoms with van der Waals surface area (Å²) in [6, 6.07) is 22.8. The first-order valence-corrected chi connectivity index (χ1v) is 15.0. The summed E-state index contributed by atoms with van der Waals surface area (Å²) in [4.78, 5) is 29.5. The van der Waals surface area contributed by atoms with Gasteiger partial charge in [-0.2, -0.15) is 0 Å². The Morgan fingerprint density at radius 2 is 1.52 bits per heavy atom. The molecule has 0 spiro atoms. The highest BCUT2D eigenvalue weighted by Crippen LogP contribution is 2.30. The normalized spacial score (nSPS) is 12.3. The van der Waals surface area contributed by atoms with Gasteiger partial charge in [0.15, 0.2) is 0 Å². The first kappa shape index (κ1) is 30.7. The molecule has 1 N–H and O–H groups in total. The summed E-state index contributed by atoms with van der Waals surface area (Å²) in [6.45, 7) is 7.21. The average molecular weight is 566 g/mol. The van der Waals surface area contributed by atoms with Crippen molar-refractivity contribution >= 4 is 27.5 Å². The molecule has 1 atom stereocenters. The molecule has 0 bridgehead atoms. The van der Waals surface area contributed by atoms with Crippen molar-refractivity contribution in [3.8, 4) is 5.75 Å². The minimum atomic E-state index is -3.89. The zero-order valence-electron chi connectivity index (χ0n) is 24.0. The number of ether oxygens (including phenoxy) is 1. The molecule has 0 radical (unpaired) electrons. The maximum atomic E-state index is 14.2. The third kappa shape index (κ3) is 8.32. The number of nitrogens with one attached hydrogen (secondary N) is 1. The van der Waals surface area contributed by atoms with E-state index in [9.17, 15) is 18.0 Å². The fourth-order valence-corrected chi connectivity index (χ4v) is 5.26. The van der Waals surface area contributed by atoms with Crippen molar-refractivity contribution in [1.29, 1.82) is 0 Å². The summed E-state index contributed by atoms with van der Waals surface area (Å²) in [5.74, 6) is -0.511. The lowest BCUT2D eigenvalue weighted by atomic mass is 10.00. The summed E-state index contributed by atoms with van der Waals surface area (Å²) in [5, 5.41) is 3.02. The molecule has 0 aromatic heterocycles. The second-order valence-corrected chi connectivity index (χ2v) is 12.7. The standard InChI is InChI=1S/C31H39N3O5S/c1-23-14-10-11-17-25(23)21-33(27(30(36)32-31(2,3)4)20-24-15-8-7-9-16-24)29(35)22-34(40(6,37)38)26-18-12-13-19-28(26)39-5/h7-19,27H,20-22H2,1-6H3,(H,32,36)/t27-/m1/s1. The molecule has 3 aromatic carbocycles. The van der Waals surface area contributed by atoms with Crippen LogP contribution in [-0.4, -0.2) is 56.6 Å². The van der Waals surface area contributed by atoms with E-state index in [0.717, 1.165) is 27.3 Å². The molecule has 9 heteroatoms. The number of nitrogens with zero attached hydrogens (tertiary/aromatic N) is 2. The van der Waals surface area contributed by atoms with Gasteiger partial charge in [-0.3, -0.25) is 13.9 Å². The molecule has 0 saturated heterocycles. The van der Waals surface area contributed by atoms with E-state index in [1.165, 1.54) is 12.0 Å². The zero-order valence-corrected chi connectivity index (χ0v) is 24.9. The number of hydrogen-bond acceptors (Lipinski definition) is 5. The number of sulfonamides is 1. The number of anilines is 1. The minimum absolute atomic E-state index is 0.129. The second kappa shape index (κ2) is 13.0. The second-order valence-electron chi connectivity index (χ2n) is 10.8. The van der Waals surface area contributed by atoms with Gasteiger partial charge in [0, 0.05) is 18.5 Å². The summed E-state index contributed by atoms with van der Waals surface area (Å²) >= 11 is 0. The number of hydrogen-bond donors (Lipinski definition) is 1. The van der Waals surface area contributed by atoms with Crippen LogP contribution < -0.4 is 14.4 Å². The van der Waals surface area contributed by atoms with Gasteiger partial charge in [0.05, 0.1) is 19.1 Å². The maximum Gasteiger partial charge on any atom is 0.244 e. The van der Waals surface area contributed by atoms with E-state index in [4.69, 9.17) is 4.74 Å². The summed E-state index contributed by atoms with van der Waals surface area (Å²) in [7, 11) is -2.45. The van der Waals surface area contributed by atoms with Gasteiger partial charge in [-0.05, 0) is 56.5 Å². The molecule has 0 saturated carbocycles. The summed E-state index contributed by atoms with van der Waals surface area (Å²) < 4.78 is 32.4. The van der Waals surface area contributed by atoms with Crippen LogP contribution in [-0.2, 0) is 32.6 Å². The molecule has 0 unspecified atom stereocenters. The van der Waals surface area contributed by atoms with E-state index in [1.807, 2.05) is 82.3 Å². The monoisotopic (exact) mass is 565 g/mol. The van der Waals surface area contributed by atoms with Crippen molar-refractivity contribution in [3.05, 3.63) is 95.6 Å². The Morgan fingerprint density at radius 3 is 2.12 bits per heavy atom. The predicted molar refractivity (Wildman–Crippen MR) is 159 cm³/mol. The minimum Gasteiger partial charge on any atom is -0.495 e. The van der Waals surface area contributed by atoms with Crippen molar-refractivity contribution in [1.82, 2.24) is 10.2 Å². The lowest BCUT2D eigenvalue weighted by Crippen LogP contribution is -2.56. The first-order chi connectivity index (χ1) is 18.8. The molecule has 0 aliphatic heterocycles. The van der Waals surface area contributed by atoms with Gasteiger partial charge in [0.1, 0.15) is 18.3 Å². The molecule has 0 aliphatic carbocycles. The molecular formula is C31H39N3O5S. The smallest absolute Gasteiger partial charge is 0.244 e. The van der Waals surface area contributed by atoms with Crippen molar-refractivity contribution in [3.63, 3.8) is 0 Å². The van der Waals surface area contributed by atoms with Gasteiger partial charge in [0.2, 0.25) is 21.8 Å². The predicted octanol–water partition coefficient (Wildman–Crippen LogP) is 4.32. The molecule has 214 valence electrons. The van der Waals surface area contributed by atoms with Crippen LogP contribution in [0, 0.1) is 6.92 Å². The van der Waals surface area contributed by atoms with Gasteiger partial charge < -0.3 is 15.0 Å². The van der Waals surface area contributed by atoms with E-state index < -0.39 is 34.1 Å². The Kier molecular flexibility index (Phi) is 9.98. The molecule has 40 heavy (non-hydrogen) atoms. The van der Waals surface area contributed by atoms with Crippen LogP contribution in [0.1, 0.15) is 37.5 Å². The average Bonchev–Trinajstić information content (AvgIpc) is 2.89. The maximum absolute atomic E-state index is 14.2. The van der Waals surface area contributed by atoms with Gasteiger partial charge in [-0.1, -0.05) is 66.7 Å². The van der Waals surface area contributed by atoms with Gasteiger partial charge >= 0.3 is 0 Å². The van der Waals surface area contributed by atoms with Crippen LogP contribution >= 0.6 is 0 Å². The van der Waals surface area contributed by atoms with Crippen LogP contribution in [0.2, 0.25) is 0 Å². The van der Waals surface area contributed by atoms with Crippen molar-refractivity contribution in [2.75, 3.05) is 24.2 Å². The van der Waals surface area contributed by atoms with E-state index in [2.05, 4.69) is 5.32 Å². The number of benzene rings is 3. The first-order valence-electron chi connectivity index (χ1n) is 13.1. The van der Waals surface area contributed by atoms with Gasteiger partial charge in [0.25, 0.3) is 0 Å². The van der Waals surface area contributed by atoms with Crippen molar-refractivity contribution in [2.24, 2.45) is 0 Å². The molecule has 0 fully saturated rings. The molecule has 3 rings (SSSR count). The van der Waals surface area contributed by atoms with E-state index in [1.54, 1.807) is 24.3 Å². The number of methoxy groups -OCH3 is 1. The molecule has 0 aliphatic rings. The van der Waals surface area contributed by atoms with E-state index in [-0.39, 0.29) is 24.6 Å². The molecule has 3 aromatic rings. The van der Waals surface area contributed by atoms with E-state index in [0.29, 0.717) is 5.75 Å². The highest BCUT2D eigenvalue weighted by Gasteiger charge is 2.35. The van der Waals surface area contributed by atoms with Crippen LogP contribution in [0.25, 0.3) is 0 Å². The largest absolute Gasteiger partial charge is 0.495 e. The lowest BCUT2D eigenvalue weighted by molar-refractivity contribution is -0.140. The topological polar surface area (TPSA) is 96.0 Å². The molecule has 2 amide bonds. The Labute approximate surface area is 238 Å². The van der Waals surface area contributed by atoms with E-state index >= 15 is 0 Å². The number of carbonyl (C=O) groups excluding carboxylic acids is 2. The Morgan fingerprint density at radius 1 is 0.925 bits per heavy atom. The SMILES string of the molecule is COc1ccccc1N(CC(=O)N(Cc1ccccc1C)[C@H](Cc1ccccc1)C(=O)NC(C)(C)C)S(C)(=O)=O. The quantitative estimate of drug-likeness (QED) is 0.374. The third-order valence-corrected chi connectivity index (χ3v) is 7.53. The number of para-hydroxylation sites is 2. The Balaban J connectivity index is 2.11. The molecular weight excluding hydrogens is 526 g/mol. The number of rotatable bonds is 11. The number of carbonyl (C=O) groups is 2. The van der Waals surface area contributed by atoms with Crippen molar-refractivity contribution < 1.29 is 22.7 Å². The Bertz CT molecular complexity index is 1420. The van der Waals surface area contributed by atoms with Gasteiger partial charge in [-0.15, -0.1) is 0 Å². The third-order valence-electron chi connectivity index (χ3n) is 6.40. The van der Waals surface area contributed by atoms with Crippen LogP contribution in [0.3, 0.4) is 0 Å². The number of amides is 2. The Hall–Kier alpha value is -3.85. The fourth-order valence-electron chi connectivity index (χ4n) is 4.41. The van der Waals surface area contributed by atoms with Crippen LogP contribution in [0.5, 0.6) is 5.75 Å². The van der Waals surface area contributed by atoms with Gasteiger partial charge in [-0.25, -0.2) is 8.42 Å². The lowest BCUT2D eigenvalue weighted by Gasteiger charge is -2.35. The highest BCUT2D eigenvalue weighted by molar-refractivity contribution is 7.92. The van der Waals surface area contributed by atoms with Crippen LogP contribution in [0.4, 0.5) is 5.69 Å². The molecule has 8 nitrogen and oxygen atoms in total. The zero-order chi connectivity index (χ0) is 29.5. The van der Waals surface area contributed by atoms with Crippen LogP contribution in [0.15, 0.2) is 78.9 Å².